The summed E-state index contributed by atoms with van der Waals surface area (Å²) in [5, 5.41) is -0.0803. The first-order valence-electron chi connectivity index (χ1n) is 6.64. The number of nitrogens with zero attached hydrogens (tertiary/aromatic N) is 3. The molecule has 0 bridgehead atoms. The Morgan fingerprint density at radius 2 is 2.17 bits per heavy atom. The molecule has 18 heavy (non-hydrogen) atoms. The number of halogens is 1. The van der Waals surface area contributed by atoms with Crippen molar-refractivity contribution in [2.24, 2.45) is 0 Å². The molecule has 0 amide bonds. The summed E-state index contributed by atoms with van der Waals surface area (Å²) >= 11 is 6.28. The van der Waals surface area contributed by atoms with E-state index in [1.165, 1.54) is 6.42 Å². The smallest absolute Gasteiger partial charge is 0.128 e. The molecule has 2 aromatic heterocycles. The fraction of sp³-hybridized carbons (Fsp3) is 0.571. The van der Waals surface area contributed by atoms with Crippen molar-refractivity contribution in [1.82, 2.24) is 14.5 Å². The Hall–Kier alpha value is -1.09. The molecule has 2 rings (SSSR count). The van der Waals surface area contributed by atoms with Gasteiger partial charge in [-0.05, 0) is 25.8 Å². The van der Waals surface area contributed by atoms with Gasteiger partial charge in [0.05, 0.1) is 17.1 Å². The Morgan fingerprint density at radius 1 is 1.39 bits per heavy atom. The number of hydrogen-bond donors (Lipinski definition) is 0. The zero-order valence-corrected chi connectivity index (χ0v) is 12.0. The van der Waals surface area contributed by atoms with Crippen LogP contribution in [0.25, 0.3) is 11.0 Å². The van der Waals surface area contributed by atoms with Crippen molar-refractivity contribution in [1.29, 1.82) is 0 Å². The normalized spacial score (nSPS) is 14.9. The first-order chi connectivity index (χ1) is 8.69. The van der Waals surface area contributed by atoms with E-state index in [1.54, 1.807) is 0 Å². The summed E-state index contributed by atoms with van der Waals surface area (Å²) in [6.45, 7) is 6.41. The van der Waals surface area contributed by atoms with Gasteiger partial charge in [-0.1, -0.05) is 20.3 Å². The van der Waals surface area contributed by atoms with Crippen LogP contribution >= 0.6 is 11.6 Å². The molecule has 0 radical (unpaired) electrons. The molecule has 0 aromatic carbocycles. The molecule has 2 aromatic rings. The van der Waals surface area contributed by atoms with E-state index in [0.29, 0.717) is 6.04 Å². The molecule has 0 aliphatic carbocycles. The lowest BCUT2D eigenvalue weighted by Gasteiger charge is -2.20. The van der Waals surface area contributed by atoms with E-state index in [9.17, 15) is 0 Å². The molecule has 0 saturated carbocycles. The zero-order valence-electron chi connectivity index (χ0n) is 11.2. The van der Waals surface area contributed by atoms with Gasteiger partial charge in [-0.15, -0.1) is 11.6 Å². The zero-order chi connectivity index (χ0) is 13.1. The molecule has 0 N–H and O–H groups in total. The monoisotopic (exact) mass is 265 g/mol. The van der Waals surface area contributed by atoms with Gasteiger partial charge in [0.2, 0.25) is 0 Å². The van der Waals surface area contributed by atoms with Crippen LogP contribution < -0.4 is 0 Å². The van der Waals surface area contributed by atoms with Crippen LogP contribution in [0.4, 0.5) is 0 Å². The molecule has 98 valence electrons. The minimum absolute atomic E-state index is 0.0803. The lowest BCUT2D eigenvalue weighted by Crippen LogP contribution is -2.12. The van der Waals surface area contributed by atoms with E-state index in [4.69, 9.17) is 11.6 Å². The van der Waals surface area contributed by atoms with Crippen molar-refractivity contribution in [3.63, 3.8) is 0 Å². The largest absolute Gasteiger partial charge is 0.324 e. The summed E-state index contributed by atoms with van der Waals surface area (Å²) in [7, 11) is 0. The van der Waals surface area contributed by atoms with Crippen molar-refractivity contribution >= 4 is 22.6 Å². The van der Waals surface area contributed by atoms with E-state index in [2.05, 4.69) is 28.4 Å². The average Bonchev–Trinajstić information content (AvgIpc) is 2.75. The highest BCUT2D eigenvalue weighted by molar-refractivity contribution is 6.20. The van der Waals surface area contributed by atoms with E-state index in [1.807, 2.05) is 25.4 Å². The lowest BCUT2D eigenvalue weighted by atomic mass is 10.1. The number of imidazole rings is 1. The van der Waals surface area contributed by atoms with Crippen molar-refractivity contribution < 1.29 is 0 Å². The summed E-state index contributed by atoms with van der Waals surface area (Å²) < 4.78 is 2.30. The van der Waals surface area contributed by atoms with Crippen LogP contribution in [-0.2, 0) is 0 Å². The molecule has 0 fully saturated rings. The molecule has 0 aliphatic heterocycles. The van der Waals surface area contributed by atoms with Crippen LogP contribution in [0.3, 0.4) is 0 Å². The predicted octanol–water partition coefficient (Wildman–Crippen LogP) is 4.48. The highest BCUT2D eigenvalue weighted by Crippen LogP contribution is 2.30. The topological polar surface area (TPSA) is 30.7 Å². The number of alkyl halides is 1. The maximum Gasteiger partial charge on any atom is 0.128 e. The molecular formula is C14H20ClN3. The number of aromatic nitrogens is 3. The highest BCUT2D eigenvalue weighted by Gasteiger charge is 2.20. The van der Waals surface area contributed by atoms with E-state index < -0.39 is 0 Å². The maximum absolute atomic E-state index is 6.28. The summed E-state index contributed by atoms with van der Waals surface area (Å²) in [5.41, 5.74) is 2.09. The van der Waals surface area contributed by atoms with Gasteiger partial charge in [-0.25, -0.2) is 4.98 Å². The lowest BCUT2D eigenvalue weighted by molar-refractivity contribution is 0.444. The van der Waals surface area contributed by atoms with E-state index in [0.717, 1.165) is 29.7 Å². The average molecular weight is 266 g/mol. The second kappa shape index (κ2) is 5.70. The van der Waals surface area contributed by atoms with Crippen LogP contribution in [0.5, 0.6) is 0 Å². The van der Waals surface area contributed by atoms with Gasteiger partial charge in [-0.2, -0.15) is 0 Å². The standard InChI is InChI=1S/C14H20ClN3/c1-4-6-11(5-2)18-13-7-8-16-9-12(13)17-14(18)10(3)15/h7-11H,4-6H2,1-3H3. The highest BCUT2D eigenvalue weighted by atomic mass is 35.5. The van der Waals surface area contributed by atoms with Crippen LogP contribution in [-0.4, -0.2) is 14.5 Å². The van der Waals surface area contributed by atoms with Gasteiger partial charge >= 0.3 is 0 Å². The molecule has 2 unspecified atom stereocenters. The second-order valence-electron chi connectivity index (χ2n) is 4.67. The summed E-state index contributed by atoms with van der Waals surface area (Å²) in [6.07, 6.45) is 7.05. The van der Waals surface area contributed by atoms with Gasteiger partial charge in [-0.3, -0.25) is 4.98 Å². The van der Waals surface area contributed by atoms with Crippen molar-refractivity contribution in [3.05, 3.63) is 24.3 Å². The Bertz CT molecular complexity index is 519. The third kappa shape index (κ3) is 2.37. The SMILES string of the molecule is CCCC(CC)n1c(C(C)Cl)nc2cnccc21. The Balaban J connectivity index is 2.60. The molecule has 3 nitrogen and oxygen atoms in total. The minimum Gasteiger partial charge on any atom is -0.324 e. The predicted molar refractivity (Wildman–Crippen MR) is 76.0 cm³/mol. The van der Waals surface area contributed by atoms with Crippen molar-refractivity contribution in [3.8, 4) is 0 Å². The first kappa shape index (κ1) is 13.3. The van der Waals surface area contributed by atoms with Crippen LogP contribution in [0.1, 0.15) is 57.3 Å². The molecule has 4 heteroatoms. The van der Waals surface area contributed by atoms with Crippen LogP contribution in [0, 0.1) is 0 Å². The van der Waals surface area contributed by atoms with Crippen LogP contribution in [0.2, 0.25) is 0 Å². The van der Waals surface area contributed by atoms with Gasteiger partial charge in [0.25, 0.3) is 0 Å². The number of hydrogen-bond acceptors (Lipinski definition) is 2. The van der Waals surface area contributed by atoms with Crippen LogP contribution in [0.15, 0.2) is 18.5 Å². The Kier molecular flexibility index (Phi) is 4.23. The summed E-state index contributed by atoms with van der Waals surface area (Å²) in [4.78, 5) is 8.77. The molecule has 2 atom stereocenters. The molecule has 2 heterocycles. The molecule has 0 saturated heterocycles. The van der Waals surface area contributed by atoms with E-state index in [-0.39, 0.29) is 5.38 Å². The van der Waals surface area contributed by atoms with E-state index >= 15 is 0 Å². The number of pyridine rings is 1. The second-order valence-corrected chi connectivity index (χ2v) is 5.33. The summed E-state index contributed by atoms with van der Waals surface area (Å²) in [5.74, 6) is 0.958. The quantitative estimate of drug-likeness (QED) is 0.746. The van der Waals surface area contributed by atoms with Crippen molar-refractivity contribution in [2.45, 2.75) is 51.5 Å². The first-order valence-corrected chi connectivity index (χ1v) is 7.08. The number of rotatable bonds is 5. The summed E-state index contributed by atoms with van der Waals surface area (Å²) in [6, 6.07) is 2.50. The maximum atomic E-state index is 6.28. The third-order valence-corrected chi connectivity index (χ3v) is 3.53. The number of fused-ring (bicyclic) bond motifs is 1. The van der Waals surface area contributed by atoms with Gasteiger partial charge in [0.1, 0.15) is 11.3 Å². The Labute approximate surface area is 113 Å². The van der Waals surface area contributed by atoms with Crippen molar-refractivity contribution in [2.75, 3.05) is 0 Å². The fourth-order valence-electron chi connectivity index (χ4n) is 2.48. The molecule has 0 aliphatic rings. The minimum atomic E-state index is -0.0803. The van der Waals surface area contributed by atoms with Gasteiger partial charge < -0.3 is 4.57 Å². The Morgan fingerprint density at radius 3 is 2.78 bits per heavy atom. The fourth-order valence-corrected chi connectivity index (χ4v) is 2.64. The van der Waals surface area contributed by atoms with Gasteiger partial charge in [0, 0.05) is 12.2 Å². The third-order valence-electron chi connectivity index (χ3n) is 3.33. The van der Waals surface area contributed by atoms with Gasteiger partial charge in [0.15, 0.2) is 0 Å². The molecule has 0 spiro atoms. The molecular weight excluding hydrogens is 246 g/mol.